The molecule has 0 saturated carbocycles. The molecule has 0 aliphatic carbocycles. The van der Waals surface area contributed by atoms with Gasteiger partial charge in [0.25, 0.3) is 0 Å². The molecule has 0 amide bonds. The molecular formula is C8H10F3NOS. The van der Waals surface area contributed by atoms with Gasteiger partial charge in [0.15, 0.2) is 0 Å². The first kappa shape index (κ1) is 11.5. The Kier molecular flexibility index (Phi) is 3.88. The first-order valence-electron chi connectivity index (χ1n) is 4.12. The second-order valence-electron chi connectivity index (χ2n) is 2.93. The van der Waals surface area contributed by atoms with E-state index < -0.39 is 18.7 Å². The molecule has 0 spiro atoms. The number of halogens is 3. The number of nitrogens with zero attached hydrogens (tertiary/aromatic N) is 1. The van der Waals surface area contributed by atoms with Crippen molar-refractivity contribution in [3.8, 4) is 0 Å². The molecule has 80 valence electrons. The summed E-state index contributed by atoms with van der Waals surface area (Å²) in [6.07, 6.45) is -4.24. The first-order chi connectivity index (χ1) is 6.49. The molecule has 0 aliphatic heterocycles. The Balaban J connectivity index is 2.26. The van der Waals surface area contributed by atoms with Crippen LogP contribution in [0, 0.1) is 0 Å². The van der Waals surface area contributed by atoms with Crippen molar-refractivity contribution in [1.29, 1.82) is 0 Å². The highest BCUT2D eigenvalue weighted by Gasteiger charge is 2.26. The highest BCUT2D eigenvalue weighted by molar-refractivity contribution is 7.09. The predicted octanol–water partition coefficient (Wildman–Crippen LogP) is 2.91. The van der Waals surface area contributed by atoms with Crippen LogP contribution in [0.3, 0.4) is 0 Å². The molecule has 0 saturated heterocycles. The van der Waals surface area contributed by atoms with E-state index in [1.807, 2.05) is 0 Å². The Bertz CT molecular complexity index is 260. The summed E-state index contributed by atoms with van der Waals surface area (Å²) in [5.74, 6) is 0. The average Bonchev–Trinajstić information content (AvgIpc) is 2.53. The number of hydrogen-bond acceptors (Lipinski definition) is 3. The fraction of sp³-hybridized carbons (Fsp3) is 0.625. The molecule has 1 N–H and O–H groups in total. The van der Waals surface area contributed by atoms with Crippen LogP contribution >= 0.6 is 11.3 Å². The van der Waals surface area contributed by atoms with Crippen LogP contribution in [-0.2, 0) is 0 Å². The van der Waals surface area contributed by atoms with Gasteiger partial charge in [-0.2, -0.15) is 13.2 Å². The summed E-state index contributed by atoms with van der Waals surface area (Å²) in [4.78, 5) is 4.35. The van der Waals surface area contributed by atoms with Gasteiger partial charge in [0.2, 0.25) is 0 Å². The molecule has 1 heterocycles. The minimum atomic E-state index is -4.13. The number of aromatic nitrogens is 1. The van der Waals surface area contributed by atoms with Gasteiger partial charge in [0.1, 0.15) is 0 Å². The second kappa shape index (κ2) is 4.75. The van der Waals surface area contributed by atoms with Crippen LogP contribution in [-0.4, -0.2) is 16.3 Å². The third kappa shape index (κ3) is 4.06. The Morgan fingerprint density at radius 2 is 2.21 bits per heavy atom. The number of aliphatic hydroxyl groups is 1. The Labute approximate surface area is 83.4 Å². The minimum absolute atomic E-state index is 0.0530. The number of aliphatic hydroxyl groups excluding tert-OH is 1. The van der Waals surface area contributed by atoms with E-state index >= 15 is 0 Å². The fourth-order valence-electron chi connectivity index (χ4n) is 1.03. The van der Waals surface area contributed by atoms with Crippen molar-refractivity contribution < 1.29 is 18.3 Å². The summed E-state index contributed by atoms with van der Waals surface area (Å²) in [5.41, 5.74) is 1.54. The first-order valence-corrected chi connectivity index (χ1v) is 5.00. The third-order valence-electron chi connectivity index (χ3n) is 1.72. The lowest BCUT2D eigenvalue weighted by atomic mass is 10.1. The summed E-state index contributed by atoms with van der Waals surface area (Å²) in [6, 6.07) is 0. The molecule has 14 heavy (non-hydrogen) atoms. The van der Waals surface area contributed by atoms with E-state index in [-0.39, 0.29) is 12.8 Å². The largest absolute Gasteiger partial charge is 0.389 e. The monoisotopic (exact) mass is 225 g/mol. The smallest absolute Gasteiger partial charge is 0.388 e. The van der Waals surface area contributed by atoms with Gasteiger partial charge in [-0.25, -0.2) is 0 Å². The van der Waals surface area contributed by atoms with E-state index in [0.29, 0.717) is 4.88 Å². The summed E-state index contributed by atoms with van der Waals surface area (Å²) < 4.78 is 35.3. The van der Waals surface area contributed by atoms with Crippen molar-refractivity contribution in [1.82, 2.24) is 4.98 Å². The van der Waals surface area contributed by atoms with Crippen LogP contribution in [0.1, 0.15) is 30.2 Å². The van der Waals surface area contributed by atoms with E-state index in [1.54, 1.807) is 5.51 Å². The maximum atomic E-state index is 11.8. The van der Waals surface area contributed by atoms with E-state index in [1.165, 1.54) is 17.5 Å². The molecule has 0 bridgehead atoms. The normalized spacial score (nSPS) is 14.3. The molecule has 1 atom stereocenters. The molecule has 1 aromatic rings. The molecule has 0 aliphatic rings. The molecule has 0 aromatic carbocycles. The molecular weight excluding hydrogens is 215 g/mol. The van der Waals surface area contributed by atoms with Crippen LogP contribution in [0.15, 0.2) is 11.7 Å². The SMILES string of the molecule is OC(CCCC(F)(F)F)c1cncs1. The van der Waals surface area contributed by atoms with Gasteiger partial charge in [-0.05, 0) is 12.8 Å². The molecule has 2 nitrogen and oxygen atoms in total. The molecule has 1 aromatic heterocycles. The van der Waals surface area contributed by atoms with Crippen molar-refractivity contribution in [2.45, 2.75) is 31.5 Å². The van der Waals surface area contributed by atoms with Gasteiger partial charge in [-0.15, -0.1) is 11.3 Å². The van der Waals surface area contributed by atoms with Crippen molar-refractivity contribution in [2.24, 2.45) is 0 Å². The van der Waals surface area contributed by atoms with E-state index in [0.717, 1.165) is 0 Å². The quantitative estimate of drug-likeness (QED) is 0.854. The van der Waals surface area contributed by atoms with Gasteiger partial charge in [0.05, 0.1) is 16.5 Å². The topological polar surface area (TPSA) is 33.1 Å². The zero-order chi connectivity index (χ0) is 10.6. The average molecular weight is 225 g/mol. The standard InChI is InChI=1S/C8H10F3NOS/c9-8(10,11)3-1-2-6(13)7-4-12-5-14-7/h4-6,13H,1-3H2. The van der Waals surface area contributed by atoms with E-state index in [4.69, 9.17) is 0 Å². The van der Waals surface area contributed by atoms with Crippen molar-refractivity contribution in [2.75, 3.05) is 0 Å². The molecule has 6 heteroatoms. The van der Waals surface area contributed by atoms with Gasteiger partial charge in [-0.1, -0.05) is 0 Å². The third-order valence-corrected chi connectivity index (χ3v) is 2.59. The lowest BCUT2D eigenvalue weighted by molar-refractivity contribution is -0.136. The highest BCUT2D eigenvalue weighted by atomic mass is 32.1. The number of rotatable bonds is 4. The van der Waals surface area contributed by atoms with Crippen LogP contribution in [0.2, 0.25) is 0 Å². The van der Waals surface area contributed by atoms with Crippen molar-refractivity contribution in [3.05, 3.63) is 16.6 Å². The second-order valence-corrected chi connectivity index (χ2v) is 3.84. The van der Waals surface area contributed by atoms with Gasteiger partial charge in [-0.3, -0.25) is 4.98 Å². The number of thiazole rings is 1. The molecule has 1 unspecified atom stereocenters. The van der Waals surface area contributed by atoms with Crippen LogP contribution in [0.5, 0.6) is 0 Å². The van der Waals surface area contributed by atoms with E-state index in [9.17, 15) is 18.3 Å². The molecule has 1 rings (SSSR count). The molecule has 0 radical (unpaired) electrons. The lowest BCUT2D eigenvalue weighted by Crippen LogP contribution is -2.07. The van der Waals surface area contributed by atoms with Gasteiger partial charge >= 0.3 is 6.18 Å². The predicted molar refractivity (Wildman–Crippen MR) is 47.0 cm³/mol. The summed E-state index contributed by atoms with van der Waals surface area (Å²) in [5, 5.41) is 9.41. The Morgan fingerprint density at radius 1 is 1.50 bits per heavy atom. The van der Waals surface area contributed by atoms with Gasteiger partial charge in [0, 0.05) is 12.6 Å². The van der Waals surface area contributed by atoms with Crippen LogP contribution in [0.25, 0.3) is 0 Å². The van der Waals surface area contributed by atoms with Crippen LogP contribution in [0.4, 0.5) is 13.2 Å². The fourth-order valence-corrected chi connectivity index (χ4v) is 1.67. The summed E-state index contributed by atoms with van der Waals surface area (Å²) in [6.45, 7) is 0. The van der Waals surface area contributed by atoms with E-state index in [2.05, 4.69) is 4.98 Å². The lowest BCUT2D eigenvalue weighted by Gasteiger charge is -2.09. The molecule has 0 fully saturated rings. The Morgan fingerprint density at radius 3 is 2.71 bits per heavy atom. The highest BCUT2D eigenvalue weighted by Crippen LogP contribution is 2.27. The van der Waals surface area contributed by atoms with Crippen molar-refractivity contribution in [3.63, 3.8) is 0 Å². The summed E-state index contributed by atoms with van der Waals surface area (Å²) in [7, 11) is 0. The van der Waals surface area contributed by atoms with Gasteiger partial charge < -0.3 is 5.11 Å². The number of alkyl halides is 3. The minimum Gasteiger partial charge on any atom is -0.388 e. The maximum absolute atomic E-state index is 11.8. The van der Waals surface area contributed by atoms with Crippen LogP contribution < -0.4 is 0 Å². The zero-order valence-electron chi connectivity index (χ0n) is 7.29. The summed E-state index contributed by atoms with van der Waals surface area (Å²) >= 11 is 1.25. The Hall–Kier alpha value is -0.620. The number of hydrogen-bond donors (Lipinski definition) is 1. The maximum Gasteiger partial charge on any atom is 0.389 e. The zero-order valence-corrected chi connectivity index (χ0v) is 8.11. The van der Waals surface area contributed by atoms with Crippen molar-refractivity contribution >= 4 is 11.3 Å².